The van der Waals surface area contributed by atoms with Crippen LogP contribution < -0.4 is 0 Å². The molecule has 0 aromatic carbocycles. The van der Waals surface area contributed by atoms with Crippen molar-refractivity contribution in [3.05, 3.63) is 12.2 Å². The van der Waals surface area contributed by atoms with E-state index in [-0.39, 0.29) is 11.9 Å². The van der Waals surface area contributed by atoms with Gasteiger partial charge in [-0.1, -0.05) is 0 Å². The van der Waals surface area contributed by atoms with Crippen molar-refractivity contribution in [2.24, 2.45) is 0 Å². The third-order valence-corrected chi connectivity index (χ3v) is 4.72. The van der Waals surface area contributed by atoms with Gasteiger partial charge in [-0.05, 0) is 19.3 Å². The van der Waals surface area contributed by atoms with E-state index in [0.29, 0.717) is 32.6 Å². The lowest BCUT2D eigenvalue weighted by molar-refractivity contribution is -0.139. The number of ether oxygens (including phenoxy) is 1. The van der Waals surface area contributed by atoms with Crippen LogP contribution in [0.1, 0.15) is 25.1 Å². The predicted molar refractivity (Wildman–Crippen MR) is 85.0 cm³/mol. The number of hydrogen-bond acceptors (Lipinski definition) is 6. The Morgan fingerprint density at radius 3 is 2.71 bits per heavy atom. The Hall–Kier alpha value is -2.16. The lowest BCUT2D eigenvalue weighted by Crippen LogP contribution is -2.57. The number of nitrogens with one attached hydrogen (secondary N) is 1. The minimum atomic E-state index is -0.406. The van der Waals surface area contributed by atoms with E-state index in [4.69, 9.17) is 4.74 Å². The highest BCUT2D eigenvalue weighted by atomic mass is 16.5. The smallest absolute Gasteiger partial charge is 0.410 e. The van der Waals surface area contributed by atoms with Crippen LogP contribution in [0.15, 0.2) is 6.33 Å². The standard InChI is InChI=1S/C15H24N6O3/c1-24-15(23)21-5-3-2-4-12(21)14(22)20-8-6-19(7-9-20)10-13-16-11-17-18-13/h11-12H,2-10H2,1H3,(H,16,17,18). The summed E-state index contributed by atoms with van der Waals surface area (Å²) in [5, 5.41) is 6.70. The number of aromatic amines is 1. The number of amides is 2. The molecule has 2 aliphatic rings. The molecule has 24 heavy (non-hydrogen) atoms. The van der Waals surface area contributed by atoms with E-state index in [9.17, 15) is 9.59 Å². The molecule has 9 nitrogen and oxygen atoms in total. The molecular weight excluding hydrogens is 312 g/mol. The largest absolute Gasteiger partial charge is 0.453 e. The minimum Gasteiger partial charge on any atom is -0.453 e. The molecule has 3 rings (SSSR count). The molecule has 0 aliphatic carbocycles. The second-order valence-corrected chi connectivity index (χ2v) is 6.21. The lowest BCUT2D eigenvalue weighted by atomic mass is 10.0. The summed E-state index contributed by atoms with van der Waals surface area (Å²) in [6.07, 6.45) is 3.70. The molecule has 2 aliphatic heterocycles. The Morgan fingerprint density at radius 2 is 2.04 bits per heavy atom. The highest BCUT2D eigenvalue weighted by molar-refractivity contribution is 5.86. The number of nitrogens with zero attached hydrogens (tertiary/aromatic N) is 5. The molecule has 1 N–H and O–H groups in total. The maximum absolute atomic E-state index is 12.8. The molecule has 2 amide bonds. The molecule has 1 aromatic rings. The number of aromatic nitrogens is 3. The van der Waals surface area contributed by atoms with Gasteiger partial charge >= 0.3 is 6.09 Å². The summed E-state index contributed by atoms with van der Waals surface area (Å²) < 4.78 is 4.82. The normalized spacial score (nSPS) is 22.5. The van der Waals surface area contributed by atoms with Gasteiger partial charge in [0.1, 0.15) is 18.2 Å². The maximum Gasteiger partial charge on any atom is 0.410 e. The van der Waals surface area contributed by atoms with Crippen molar-refractivity contribution in [3.8, 4) is 0 Å². The van der Waals surface area contributed by atoms with E-state index in [2.05, 4.69) is 20.1 Å². The first-order valence-electron chi connectivity index (χ1n) is 8.39. The SMILES string of the molecule is COC(=O)N1CCCCC1C(=O)N1CCN(Cc2ncn[nH]2)CC1. The van der Waals surface area contributed by atoms with Crippen molar-refractivity contribution in [1.29, 1.82) is 0 Å². The van der Waals surface area contributed by atoms with Gasteiger partial charge < -0.3 is 9.64 Å². The fourth-order valence-corrected chi connectivity index (χ4v) is 3.38. The van der Waals surface area contributed by atoms with Crippen molar-refractivity contribution in [1.82, 2.24) is 29.9 Å². The minimum absolute atomic E-state index is 0.0411. The Bertz CT molecular complexity index is 556. The van der Waals surface area contributed by atoms with Gasteiger partial charge in [0.2, 0.25) is 5.91 Å². The predicted octanol–water partition coefficient (Wildman–Crippen LogP) is 0.0698. The summed E-state index contributed by atoms with van der Waals surface area (Å²) >= 11 is 0. The number of rotatable bonds is 3. The van der Waals surface area contributed by atoms with Gasteiger partial charge in [0.05, 0.1) is 13.7 Å². The van der Waals surface area contributed by atoms with Gasteiger partial charge in [0.25, 0.3) is 0 Å². The van der Waals surface area contributed by atoms with E-state index in [0.717, 1.165) is 31.8 Å². The second kappa shape index (κ2) is 7.61. The molecule has 1 atom stereocenters. The lowest BCUT2D eigenvalue weighted by Gasteiger charge is -2.40. The van der Waals surface area contributed by atoms with E-state index < -0.39 is 6.09 Å². The number of piperidine rings is 1. The molecule has 132 valence electrons. The van der Waals surface area contributed by atoms with Crippen LogP contribution >= 0.6 is 0 Å². The molecule has 2 fully saturated rings. The number of carbonyl (C=O) groups is 2. The number of piperazine rings is 1. The Kier molecular flexibility index (Phi) is 5.29. The van der Waals surface area contributed by atoms with Crippen molar-refractivity contribution < 1.29 is 14.3 Å². The Balaban J connectivity index is 1.54. The zero-order valence-corrected chi connectivity index (χ0v) is 14.0. The summed E-state index contributed by atoms with van der Waals surface area (Å²) in [6.45, 7) is 4.21. The fraction of sp³-hybridized carbons (Fsp3) is 0.733. The van der Waals surface area contributed by atoms with Crippen molar-refractivity contribution >= 4 is 12.0 Å². The van der Waals surface area contributed by atoms with Crippen molar-refractivity contribution in [2.45, 2.75) is 31.8 Å². The van der Waals surface area contributed by atoms with Gasteiger partial charge in [-0.15, -0.1) is 0 Å². The summed E-state index contributed by atoms with van der Waals surface area (Å²) in [7, 11) is 1.36. The van der Waals surface area contributed by atoms with Crippen LogP contribution in [-0.4, -0.2) is 87.8 Å². The molecule has 2 saturated heterocycles. The highest BCUT2D eigenvalue weighted by Crippen LogP contribution is 2.20. The molecule has 9 heteroatoms. The van der Waals surface area contributed by atoms with Crippen LogP contribution in [0.5, 0.6) is 0 Å². The van der Waals surface area contributed by atoms with E-state index in [1.165, 1.54) is 13.4 Å². The Labute approximate surface area is 140 Å². The summed E-state index contributed by atoms with van der Waals surface area (Å²) in [4.78, 5) is 34.5. The van der Waals surface area contributed by atoms with Crippen LogP contribution in [0.4, 0.5) is 4.79 Å². The van der Waals surface area contributed by atoms with Crippen molar-refractivity contribution in [3.63, 3.8) is 0 Å². The highest BCUT2D eigenvalue weighted by Gasteiger charge is 2.36. The van der Waals surface area contributed by atoms with Gasteiger partial charge in [-0.25, -0.2) is 9.78 Å². The zero-order chi connectivity index (χ0) is 16.9. The molecular formula is C15H24N6O3. The molecule has 3 heterocycles. The molecule has 0 spiro atoms. The molecule has 0 saturated carbocycles. The monoisotopic (exact) mass is 336 g/mol. The Morgan fingerprint density at radius 1 is 1.25 bits per heavy atom. The van der Waals surface area contributed by atoms with Crippen LogP contribution in [0.2, 0.25) is 0 Å². The third-order valence-electron chi connectivity index (χ3n) is 4.72. The number of hydrogen-bond donors (Lipinski definition) is 1. The fourth-order valence-electron chi connectivity index (χ4n) is 3.38. The van der Waals surface area contributed by atoms with Crippen LogP contribution in [0.3, 0.4) is 0 Å². The number of carbonyl (C=O) groups excluding carboxylic acids is 2. The van der Waals surface area contributed by atoms with E-state index in [1.54, 1.807) is 4.90 Å². The zero-order valence-electron chi connectivity index (χ0n) is 14.0. The van der Waals surface area contributed by atoms with E-state index in [1.807, 2.05) is 4.90 Å². The van der Waals surface area contributed by atoms with Crippen LogP contribution in [0.25, 0.3) is 0 Å². The number of H-pyrrole nitrogens is 1. The molecule has 0 radical (unpaired) electrons. The van der Waals surface area contributed by atoms with Crippen LogP contribution in [0, 0.1) is 0 Å². The third kappa shape index (κ3) is 3.66. The maximum atomic E-state index is 12.8. The van der Waals surface area contributed by atoms with Crippen LogP contribution in [-0.2, 0) is 16.1 Å². The first-order valence-corrected chi connectivity index (χ1v) is 8.39. The summed E-state index contributed by atoms with van der Waals surface area (Å²) in [5.41, 5.74) is 0. The number of likely N-dealkylation sites (tertiary alicyclic amines) is 1. The molecule has 1 aromatic heterocycles. The average Bonchev–Trinajstić information content (AvgIpc) is 3.14. The van der Waals surface area contributed by atoms with Crippen molar-refractivity contribution in [2.75, 3.05) is 39.8 Å². The number of methoxy groups -OCH3 is 1. The summed E-state index contributed by atoms with van der Waals surface area (Å²) in [6, 6.07) is -0.382. The van der Waals surface area contributed by atoms with E-state index >= 15 is 0 Å². The quantitative estimate of drug-likeness (QED) is 0.839. The second-order valence-electron chi connectivity index (χ2n) is 6.21. The molecule has 1 unspecified atom stereocenters. The van der Waals surface area contributed by atoms with Gasteiger partial charge in [-0.3, -0.25) is 19.7 Å². The van der Waals surface area contributed by atoms with Gasteiger partial charge in [0.15, 0.2) is 0 Å². The molecule has 0 bridgehead atoms. The summed E-state index contributed by atoms with van der Waals surface area (Å²) in [5.74, 6) is 0.873. The van der Waals surface area contributed by atoms with Gasteiger partial charge in [-0.2, -0.15) is 5.10 Å². The average molecular weight is 336 g/mol. The first kappa shape index (κ1) is 16.7. The van der Waals surface area contributed by atoms with Gasteiger partial charge in [0, 0.05) is 32.7 Å². The topological polar surface area (TPSA) is 94.7 Å². The first-order chi connectivity index (χ1) is 11.7.